The van der Waals surface area contributed by atoms with E-state index in [9.17, 15) is 0 Å². The van der Waals surface area contributed by atoms with Crippen LogP contribution in [0.25, 0.3) is 0 Å². The van der Waals surface area contributed by atoms with Crippen LogP contribution in [0.15, 0.2) is 35.5 Å². The van der Waals surface area contributed by atoms with E-state index in [0.29, 0.717) is 12.1 Å². The maximum Gasteiger partial charge on any atom is 0.0670 e. The molecule has 1 N–H and O–H groups in total. The van der Waals surface area contributed by atoms with Gasteiger partial charge in [0, 0.05) is 24.0 Å². The minimum atomic E-state index is 0.300. The Bertz CT molecular complexity index is 574. The lowest BCUT2D eigenvalue weighted by atomic mass is 10.1. The number of rotatable bonds is 5. The molecule has 0 radical (unpaired) electrons. The summed E-state index contributed by atoms with van der Waals surface area (Å²) in [7, 11) is 1.98. The fourth-order valence-corrected chi connectivity index (χ4v) is 3.16. The number of nitrogens with zero attached hydrogens (tertiary/aromatic N) is 2. The molecule has 1 aliphatic heterocycles. The second kappa shape index (κ2) is 7.10. The van der Waals surface area contributed by atoms with Crippen molar-refractivity contribution >= 4 is 11.4 Å². The first-order chi connectivity index (χ1) is 10.4. The zero-order valence-electron chi connectivity index (χ0n) is 14.6. The molecule has 0 spiro atoms. The van der Waals surface area contributed by atoms with Crippen molar-refractivity contribution in [1.29, 1.82) is 0 Å². The van der Waals surface area contributed by atoms with Gasteiger partial charge in [-0.25, -0.2) is 0 Å². The van der Waals surface area contributed by atoms with E-state index in [1.54, 1.807) is 0 Å². The van der Waals surface area contributed by atoms with Crippen molar-refractivity contribution in [2.45, 2.75) is 52.6 Å². The molecule has 0 aromatic heterocycles. The summed E-state index contributed by atoms with van der Waals surface area (Å²) in [6.07, 6.45) is 2.37. The van der Waals surface area contributed by atoms with Crippen LogP contribution >= 0.6 is 0 Å². The van der Waals surface area contributed by atoms with Crippen LogP contribution < -0.4 is 5.32 Å². The van der Waals surface area contributed by atoms with Gasteiger partial charge >= 0.3 is 0 Å². The molecule has 120 valence electrons. The van der Waals surface area contributed by atoms with E-state index in [-0.39, 0.29) is 0 Å². The zero-order valence-corrected chi connectivity index (χ0v) is 14.6. The van der Waals surface area contributed by atoms with Gasteiger partial charge in [-0.2, -0.15) is 0 Å². The average molecular weight is 299 g/mol. The van der Waals surface area contributed by atoms with E-state index in [2.05, 4.69) is 62.7 Å². The molecule has 3 nitrogen and oxygen atoms in total. The number of likely N-dealkylation sites (tertiary alicyclic amines) is 1. The van der Waals surface area contributed by atoms with Crippen molar-refractivity contribution in [2.24, 2.45) is 4.99 Å². The first-order valence-electron chi connectivity index (χ1n) is 8.19. The Morgan fingerprint density at radius 3 is 2.77 bits per heavy atom. The number of aryl methyl sites for hydroxylation is 2. The number of hydrogen-bond acceptors (Lipinski definition) is 3. The highest BCUT2D eigenvalue weighted by Crippen LogP contribution is 2.27. The topological polar surface area (TPSA) is 27.6 Å². The van der Waals surface area contributed by atoms with Crippen LogP contribution in [0.5, 0.6) is 0 Å². The summed E-state index contributed by atoms with van der Waals surface area (Å²) in [5, 5.41) is 3.29. The molecule has 1 unspecified atom stereocenters. The standard InChI is InChI=1S/C19H29N3/c1-13-9-10-18(14(2)12-13)21-16(4)19-8-7-11-22(19)17(5)15(3)20-6/h9-10,12,15,19-20H,5,7-8,11H2,1-4,6H3/b21-16+/t15?,19-/m0/s1. The lowest BCUT2D eigenvalue weighted by Gasteiger charge is -2.31. The molecule has 1 aromatic rings. The molecule has 2 atom stereocenters. The third-order valence-corrected chi connectivity index (χ3v) is 4.69. The Labute approximate surface area is 135 Å². The van der Waals surface area contributed by atoms with Crippen molar-refractivity contribution in [2.75, 3.05) is 13.6 Å². The summed E-state index contributed by atoms with van der Waals surface area (Å²) in [6, 6.07) is 7.13. The molecule has 0 aliphatic carbocycles. The summed E-state index contributed by atoms with van der Waals surface area (Å²) in [5.74, 6) is 0. The summed E-state index contributed by atoms with van der Waals surface area (Å²) >= 11 is 0. The first-order valence-corrected chi connectivity index (χ1v) is 8.19. The summed E-state index contributed by atoms with van der Waals surface area (Å²) in [6.45, 7) is 13.9. The highest BCUT2D eigenvalue weighted by molar-refractivity contribution is 5.90. The van der Waals surface area contributed by atoms with Gasteiger partial charge in [-0.05, 0) is 59.2 Å². The van der Waals surface area contributed by atoms with Gasteiger partial charge in [0.25, 0.3) is 0 Å². The third-order valence-electron chi connectivity index (χ3n) is 4.69. The Hall–Kier alpha value is -1.61. The second-order valence-electron chi connectivity index (χ2n) is 6.40. The van der Waals surface area contributed by atoms with E-state index < -0.39 is 0 Å². The van der Waals surface area contributed by atoms with Crippen molar-refractivity contribution in [3.8, 4) is 0 Å². The average Bonchev–Trinajstić information content (AvgIpc) is 2.98. The zero-order chi connectivity index (χ0) is 16.3. The van der Waals surface area contributed by atoms with E-state index in [0.717, 1.165) is 18.7 Å². The van der Waals surface area contributed by atoms with Gasteiger partial charge in [-0.3, -0.25) is 4.99 Å². The molecule has 0 bridgehead atoms. The summed E-state index contributed by atoms with van der Waals surface area (Å²) in [4.78, 5) is 7.33. The SMILES string of the molecule is C=C(C(C)NC)N1CCC[C@H]1/C(C)=N/c1ccc(C)cc1C. The minimum Gasteiger partial charge on any atom is -0.366 e. The highest BCUT2D eigenvalue weighted by atomic mass is 15.2. The van der Waals surface area contributed by atoms with E-state index in [1.807, 2.05) is 7.05 Å². The van der Waals surface area contributed by atoms with Gasteiger partial charge in [0.15, 0.2) is 0 Å². The van der Waals surface area contributed by atoms with Gasteiger partial charge in [0.1, 0.15) is 0 Å². The van der Waals surface area contributed by atoms with Crippen molar-refractivity contribution in [3.63, 3.8) is 0 Å². The molecule has 0 saturated carbocycles. The van der Waals surface area contributed by atoms with Crippen LogP contribution in [0.4, 0.5) is 5.69 Å². The van der Waals surface area contributed by atoms with E-state index >= 15 is 0 Å². The number of likely N-dealkylation sites (N-methyl/N-ethyl adjacent to an activating group) is 1. The smallest absolute Gasteiger partial charge is 0.0670 e. The molecule has 1 heterocycles. The van der Waals surface area contributed by atoms with Crippen LogP contribution in [-0.4, -0.2) is 36.3 Å². The maximum atomic E-state index is 4.91. The monoisotopic (exact) mass is 299 g/mol. The molecular weight excluding hydrogens is 270 g/mol. The lowest BCUT2D eigenvalue weighted by Crippen LogP contribution is -2.40. The Balaban J connectivity index is 2.21. The molecule has 1 fully saturated rings. The van der Waals surface area contributed by atoms with Crippen molar-refractivity contribution in [3.05, 3.63) is 41.6 Å². The predicted octanol–water partition coefficient (Wildman–Crippen LogP) is 3.98. The molecule has 2 rings (SSSR count). The quantitative estimate of drug-likeness (QED) is 0.833. The van der Waals surface area contributed by atoms with Gasteiger partial charge in [0.2, 0.25) is 0 Å². The van der Waals surface area contributed by atoms with E-state index in [1.165, 1.54) is 29.0 Å². The molecule has 1 aromatic carbocycles. The van der Waals surface area contributed by atoms with Crippen LogP contribution in [0.3, 0.4) is 0 Å². The molecule has 22 heavy (non-hydrogen) atoms. The molecule has 1 saturated heterocycles. The minimum absolute atomic E-state index is 0.300. The first kappa shape index (κ1) is 16.8. The molecule has 3 heteroatoms. The Kier molecular flexibility index (Phi) is 5.41. The Morgan fingerprint density at radius 2 is 2.14 bits per heavy atom. The Morgan fingerprint density at radius 1 is 1.41 bits per heavy atom. The molecule has 1 aliphatic rings. The number of benzene rings is 1. The van der Waals surface area contributed by atoms with Crippen molar-refractivity contribution < 1.29 is 0 Å². The highest BCUT2D eigenvalue weighted by Gasteiger charge is 2.29. The van der Waals surface area contributed by atoms with Gasteiger partial charge in [0.05, 0.1) is 11.7 Å². The number of hydrogen-bond donors (Lipinski definition) is 1. The van der Waals surface area contributed by atoms with Crippen LogP contribution in [-0.2, 0) is 0 Å². The normalized spacial score (nSPS) is 20.3. The number of nitrogens with one attached hydrogen (secondary N) is 1. The van der Waals surface area contributed by atoms with Crippen LogP contribution in [0.1, 0.15) is 37.8 Å². The summed E-state index contributed by atoms with van der Waals surface area (Å²) in [5.41, 5.74) is 5.97. The fraction of sp³-hybridized carbons (Fsp3) is 0.526. The lowest BCUT2D eigenvalue weighted by molar-refractivity contribution is 0.349. The summed E-state index contributed by atoms with van der Waals surface area (Å²) < 4.78 is 0. The second-order valence-corrected chi connectivity index (χ2v) is 6.40. The fourth-order valence-electron chi connectivity index (χ4n) is 3.16. The largest absolute Gasteiger partial charge is 0.366 e. The molecular formula is C19H29N3. The van der Waals surface area contributed by atoms with Gasteiger partial charge in [-0.15, -0.1) is 0 Å². The van der Waals surface area contributed by atoms with Gasteiger partial charge < -0.3 is 10.2 Å². The molecule has 0 amide bonds. The third kappa shape index (κ3) is 3.58. The van der Waals surface area contributed by atoms with Crippen molar-refractivity contribution in [1.82, 2.24) is 10.2 Å². The van der Waals surface area contributed by atoms with E-state index in [4.69, 9.17) is 4.99 Å². The van der Waals surface area contributed by atoms with Gasteiger partial charge in [-0.1, -0.05) is 24.3 Å². The maximum absolute atomic E-state index is 4.91. The predicted molar refractivity (Wildman–Crippen MR) is 96.1 cm³/mol. The number of aliphatic imine (C=N–C) groups is 1. The van der Waals surface area contributed by atoms with Crippen LogP contribution in [0, 0.1) is 13.8 Å². The van der Waals surface area contributed by atoms with Crippen LogP contribution in [0.2, 0.25) is 0 Å².